The first-order valence-corrected chi connectivity index (χ1v) is 12.8. The highest BCUT2D eigenvalue weighted by Crippen LogP contribution is 2.42. The van der Waals surface area contributed by atoms with Crippen molar-refractivity contribution < 1.29 is 14.7 Å². The predicted molar refractivity (Wildman–Crippen MR) is 150 cm³/mol. The number of aliphatic hydroxyl groups excluding tert-OH is 1. The second-order valence-corrected chi connectivity index (χ2v) is 9.96. The molecule has 1 N–H and O–H groups in total. The van der Waals surface area contributed by atoms with Crippen molar-refractivity contribution in [3.05, 3.63) is 119 Å². The van der Waals surface area contributed by atoms with Crippen molar-refractivity contribution >= 4 is 22.7 Å². The van der Waals surface area contributed by atoms with Gasteiger partial charge in [0.1, 0.15) is 0 Å². The molecule has 1 aliphatic heterocycles. The third-order valence-corrected chi connectivity index (χ3v) is 7.27. The van der Waals surface area contributed by atoms with Crippen molar-refractivity contribution in [2.24, 2.45) is 0 Å². The maximum Gasteiger partial charge on any atom is 0.261 e. The van der Waals surface area contributed by atoms with Crippen LogP contribution in [0.3, 0.4) is 0 Å². The van der Waals surface area contributed by atoms with Gasteiger partial charge in [0.2, 0.25) is 0 Å². The molecule has 0 bridgehead atoms. The van der Waals surface area contributed by atoms with E-state index in [4.69, 9.17) is 0 Å². The molecule has 5 aromatic rings. The first-order valence-electron chi connectivity index (χ1n) is 12.8. The minimum atomic E-state index is -0.959. The van der Waals surface area contributed by atoms with Crippen LogP contribution in [0.5, 0.6) is 0 Å². The van der Waals surface area contributed by atoms with Gasteiger partial charge in [-0.2, -0.15) is 0 Å². The number of benzene rings is 4. The minimum Gasteiger partial charge on any atom is -0.389 e. The Morgan fingerprint density at radius 1 is 0.711 bits per heavy atom. The summed E-state index contributed by atoms with van der Waals surface area (Å²) >= 11 is 0. The van der Waals surface area contributed by atoms with Gasteiger partial charge in [0.15, 0.2) is 0 Å². The third kappa shape index (κ3) is 3.92. The van der Waals surface area contributed by atoms with Crippen molar-refractivity contribution in [3.8, 4) is 22.4 Å². The summed E-state index contributed by atoms with van der Waals surface area (Å²) in [5.74, 6) is -0.718. The number of nitrogens with zero attached hydrogens (tertiary/aromatic N) is 2. The maximum absolute atomic E-state index is 13.0. The molecule has 0 aliphatic carbocycles. The Morgan fingerprint density at radius 3 is 1.87 bits per heavy atom. The molecule has 0 spiro atoms. The first kappa shape index (κ1) is 23.9. The number of aryl methyl sites for hydroxylation is 2. The van der Waals surface area contributed by atoms with Gasteiger partial charge < -0.3 is 9.67 Å². The van der Waals surface area contributed by atoms with Crippen LogP contribution in [0.25, 0.3) is 33.3 Å². The predicted octanol–water partition coefficient (Wildman–Crippen LogP) is 6.25. The van der Waals surface area contributed by atoms with Gasteiger partial charge in [-0.25, -0.2) is 0 Å². The molecule has 188 valence electrons. The molecule has 0 fully saturated rings. The van der Waals surface area contributed by atoms with E-state index in [0.717, 1.165) is 44.4 Å². The molecule has 5 nitrogen and oxygen atoms in total. The minimum absolute atomic E-state index is 0.0776. The number of carbonyl (C=O) groups excluding carboxylic acids is 2. The molecular formula is C33H28N2O3. The van der Waals surface area contributed by atoms with E-state index in [0.29, 0.717) is 11.1 Å². The highest BCUT2D eigenvalue weighted by Gasteiger charge is 2.36. The lowest BCUT2D eigenvalue weighted by Gasteiger charge is -2.21. The van der Waals surface area contributed by atoms with Crippen molar-refractivity contribution in [3.63, 3.8) is 0 Å². The van der Waals surface area contributed by atoms with Crippen molar-refractivity contribution in [2.45, 2.75) is 26.5 Å². The summed E-state index contributed by atoms with van der Waals surface area (Å²) in [5, 5.41) is 12.5. The number of hydrogen-bond donors (Lipinski definition) is 1. The molecule has 38 heavy (non-hydrogen) atoms. The van der Waals surface area contributed by atoms with Crippen LogP contribution in [0.15, 0.2) is 97.1 Å². The summed E-state index contributed by atoms with van der Waals surface area (Å²) in [6.07, 6.45) is -0.959. The molecular weight excluding hydrogens is 472 g/mol. The van der Waals surface area contributed by atoms with E-state index >= 15 is 0 Å². The number of imide groups is 1. The molecule has 4 aromatic carbocycles. The van der Waals surface area contributed by atoms with Gasteiger partial charge in [0.25, 0.3) is 11.8 Å². The normalized spacial score (nSPS) is 13.8. The van der Waals surface area contributed by atoms with Gasteiger partial charge >= 0.3 is 0 Å². The number of fused-ring (bicyclic) bond motifs is 2. The summed E-state index contributed by atoms with van der Waals surface area (Å²) in [6.45, 7) is 4.33. The van der Waals surface area contributed by atoms with Gasteiger partial charge in [0.05, 0.1) is 41.5 Å². The van der Waals surface area contributed by atoms with Crippen molar-refractivity contribution in [1.29, 1.82) is 0 Å². The maximum atomic E-state index is 13.0. The van der Waals surface area contributed by atoms with Gasteiger partial charge in [-0.15, -0.1) is 0 Å². The van der Waals surface area contributed by atoms with Crippen LogP contribution in [-0.4, -0.2) is 39.0 Å². The lowest BCUT2D eigenvalue weighted by molar-refractivity contribution is 0.0523. The average molecular weight is 501 g/mol. The zero-order valence-corrected chi connectivity index (χ0v) is 21.4. The van der Waals surface area contributed by atoms with Gasteiger partial charge in [-0.3, -0.25) is 14.5 Å². The second-order valence-electron chi connectivity index (χ2n) is 9.96. The fourth-order valence-corrected chi connectivity index (χ4v) is 5.74. The molecule has 0 radical (unpaired) electrons. The average Bonchev–Trinajstić information content (AvgIpc) is 3.37. The van der Waals surface area contributed by atoms with Crippen LogP contribution in [-0.2, 0) is 6.54 Å². The van der Waals surface area contributed by atoms with Gasteiger partial charge in [0, 0.05) is 10.9 Å². The lowest BCUT2D eigenvalue weighted by atomic mass is 9.97. The Kier molecular flexibility index (Phi) is 5.93. The Morgan fingerprint density at radius 2 is 1.26 bits per heavy atom. The van der Waals surface area contributed by atoms with E-state index in [-0.39, 0.29) is 24.9 Å². The molecule has 6 rings (SSSR count). The number of amides is 2. The summed E-state index contributed by atoms with van der Waals surface area (Å²) in [4.78, 5) is 27.1. The molecule has 1 atom stereocenters. The van der Waals surface area contributed by atoms with Crippen molar-refractivity contribution in [1.82, 2.24) is 9.47 Å². The van der Waals surface area contributed by atoms with Crippen LogP contribution in [0.1, 0.15) is 31.8 Å². The number of aromatic nitrogens is 1. The SMILES string of the molecule is Cc1cc(C)c2c(c1)c(-c1ccccc1)c(-c1ccccc1)n2C[C@H](O)CN1C(=O)c2ccccc2C1=O. The Bertz CT molecular complexity index is 1650. The highest BCUT2D eigenvalue weighted by atomic mass is 16.3. The number of hydrogen-bond acceptors (Lipinski definition) is 3. The van der Waals surface area contributed by atoms with E-state index < -0.39 is 6.10 Å². The number of carbonyl (C=O) groups is 2. The molecule has 2 heterocycles. The van der Waals surface area contributed by atoms with Gasteiger partial charge in [-0.1, -0.05) is 84.4 Å². The van der Waals surface area contributed by atoms with Crippen molar-refractivity contribution in [2.75, 3.05) is 6.54 Å². The zero-order chi connectivity index (χ0) is 26.4. The smallest absolute Gasteiger partial charge is 0.261 e. The summed E-state index contributed by atoms with van der Waals surface area (Å²) in [5.41, 5.74) is 8.31. The molecule has 5 heteroatoms. The van der Waals surface area contributed by atoms with Crippen LogP contribution in [0, 0.1) is 13.8 Å². The number of rotatable bonds is 6. The number of β-amino-alcohol motifs (C(OH)–C–C–N with tert-alkyl or cyclic N) is 1. The van der Waals surface area contributed by atoms with E-state index in [1.165, 1.54) is 4.90 Å². The largest absolute Gasteiger partial charge is 0.389 e. The fraction of sp³-hybridized carbons (Fsp3) is 0.152. The van der Waals surface area contributed by atoms with Crippen LogP contribution in [0.4, 0.5) is 0 Å². The highest BCUT2D eigenvalue weighted by molar-refractivity contribution is 6.21. The van der Waals surface area contributed by atoms with E-state index in [1.54, 1.807) is 24.3 Å². The summed E-state index contributed by atoms with van der Waals surface area (Å²) in [6, 6.07) is 31.6. The van der Waals surface area contributed by atoms with E-state index in [9.17, 15) is 14.7 Å². The van der Waals surface area contributed by atoms with Crippen LogP contribution >= 0.6 is 0 Å². The quantitative estimate of drug-likeness (QED) is 0.280. The Labute approximate surface area is 221 Å². The summed E-state index contributed by atoms with van der Waals surface area (Å²) < 4.78 is 2.16. The molecule has 1 aliphatic rings. The zero-order valence-electron chi connectivity index (χ0n) is 21.4. The summed E-state index contributed by atoms with van der Waals surface area (Å²) in [7, 11) is 0. The third-order valence-electron chi connectivity index (χ3n) is 7.27. The van der Waals surface area contributed by atoms with Gasteiger partial charge in [-0.05, 0) is 48.7 Å². The van der Waals surface area contributed by atoms with Crippen LogP contribution < -0.4 is 0 Å². The molecule has 0 saturated heterocycles. The second kappa shape index (κ2) is 9.43. The van der Waals surface area contributed by atoms with E-state index in [1.807, 2.05) is 36.4 Å². The Hall–Kier alpha value is -4.48. The molecule has 1 aromatic heterocycles. The first-order chi connectivity index (χ1) is 18.4. The molecule has 0 unspecified atom stereocenters. The Balaban J connectivity index is 1.49. The van der Waals surface area contributed by atoms with E-state index in [2.05, 4.69) is 54.8 Å². The van der Waals surface area contributed by atoms with Crippen LogP contribution in [0.2, 0.25) is 0 Å². The monoisotopic (exact) mass is 500 g/mol. The topological polar surface area (TPSA) is 62.5 Å². The lowest BCUT2D eigenvalue weighted by Crippen LogP contribution is -2.38. The standard InChI is InChI=1S/C33H28N2O3/c1-21-17-22(2)30-28(18-21)29(23-11-5-3-6-12-23)31(24-13-7-4-8-14-24)34(30)19-25(36)20-35-32(37)26-15-9-10-16-27(26)33(35)38/h3-18,25,36H,19-20H2,1-2H3/t25-/m0/s1. The number of aliphatic hydroxyl groups is 1. The fourth-order valence-electron chi connectivity index (χ4n) is 5.74. The molecule has 0 saturated carbocycles. The molecule has 2 amide bonds.